The molecule has 0 atom stereocenters. The van der Waals surface area contributed by atoms with E-state index in [2.05, 4.69) is 62.9 Å². The van der Waals surface area contributed by atoms with Gasteiger partial charge in [-0.1, -0.05) is 63.6 Å². The summed E-state index contributed by atoms with van der Waals surface area (Å²) in [5.74, 6) is 0.816. The average molecular weight is 310 g/mol. The van der Waals surface area contributed by atoms with Gasteiger partial charge >= 0.3 is 0 Å². The Hall–Kier alpha value is -1.28. The molecule has 1 aromatic carbocycles. The topological polar surface area (TPSA) is 43.1 Å². The van der Waals surface area contributed by atoms with E-state index in [9.17, 15) is 0 Å². The molecule has 0 bridgehead atoms. The third-order valence-electron chi connectivity index (χ3n) is 3.20. The van der Waals surface area contributed by atoms with Crippen LogP contribution in [0.2, 0.25) is 0 Å². The Kier molecular flexibility index (Phi) is 10.7. The number of unbranched alkanes of at least 4 members (excludes halogenated alkanes) is 1. The van der Waals surface area contributed by atoms with Crippen LogP contribution in [0.15, 0.2) is 36.4 Å². The van der Waals surface area contributed by atoms with Gasteiger partial charge in [-0.15, -0.1) is 11.6 Å². The van der Waals surface area contributed by atoms with E-state index < -0.39 is 0 Å². The Bertz CT molecular complexity index is 410. The van der Waals surface area contributed by atoms with Crippen molar-refractivity contribution in [2.24, 2.45) is 11.1 Å². The Morgan fingerprint density at radius 2 is 1.86 bits per heavy atom. The minimum atomic E-state index is 0.250. The minimum absolute atomic E-state index is 0.250. The zero-order valence-corrected chi connectivity index (χ0v) is 14.2. The molecule has 0 fully saturated rings. The van der Waals surface area contributed by atoms with Crippen LogP contribution in [-0.2, 0) is 4.79 Å². The number of hydrogen-bond acceptors (Lipinski definition) is 1. The molecule has 2 rings (SSSR count). The monoisotopic (exact) mass is 309 g/mol. The maximum absolute atomic E-state index is 8.58. The van der Waals surface area contributed by atoms with E-state index in [1.54, 1.807) is 0 Å². The van der Waals surface area contributed by atoms with Gasteiger partial charge in [-0.2, -0.15) is 0 Å². The highest BCUT2D eigenvalue weighted by atomic mass is 35.5. The summed E-state index contributed by atoms with van der Waals surface area (Å²) >= 11 is 5.30. The molecule has 118 valence electrons. The molecule has 0 spiro atoms. The van der Waals surface area contributed by atoms with Crippen LogP contribution < -0.4 is 5.73 Å². The largest absolute Gasteiger partial charge is 0.372 e. The molecule has 1 amide bonds. The highest BCUT2D eigenvalue weighted by Gasteiger charge is 2.24. The number of nitrogens with two attached hydrogens (primary N) is 1. The van der Waals surface area contributed by atoms with E-state index in [1.165, 1.54) is 30.4 Å². The predicted octanol–water partition coefficient (Wildman–Crippen LogP) is 5.02. The third kappa shape index (κ3) is 9.30. The van der Waals surface area contributed by atoms with E-state index in [-0.39, 0.29) is 6.41 Å². The molecular weight excluding hydrogens is 282 g/mol. The van der Waals surface area contributed by atoms with Gasteiger partial charge in [0.05, 0.1) is 0 Å². The summed E-state index contributed by atoms with van der Waals surface area (Å²) in [6, 6.07) is 10.7. The maximum atomic E-state index is 8.58. The van der Waals surface area contributed by atoms with Crippen LogP contribution >= 0.6 is 11.6 Å². The number of carbonyl (C=O) groups excluding carboxylic acids is 1. The van der Waals surface area contributed by atoms with Crippen molar-refractivity contribution >= 4 is 23.6 Å². The van der Waals surface area contributed by atoms with Crippen LogP contribution in [0.4, 0.5) is 0 Å². The molecule has 2 nitrogen and oxygen atoms in total. The normalized spacial score (nSPS) is 15.0. The first-order chi connectivity index (χ1) is 10.0. The standard InChI is InChI=1S/C13H16.C4H9Cl.CH3NO/c1-13(2)9-8-12(10-13)11-6-4-3-5-7-11;1-2-3-4-5;2-1-3/h3-8H,9-10H2,1-2H3;2-4H2,1H3;1H,(H2,2,3). The first-order valence-electron chi connectivity index (χ1n) is 7.46. The molecular formula is C18H28ClNO. The number of benzene rings is 1. The Labute approximate surface area is 134 Å². The maximum Gasteiger partial charge on any atom is 0.204 e. The van der Waals surface area contributed by atoms with E-state index in [4.69, 9.17) is 16.4 Å². The van der Waals surface area contributed by atoms with Gasteiger partial charge in [0.2, 0.25) is 6.41 Å². The SMILES string of the molecule is CC1(C)CC=C(c2ccccc2)C1.CCCCCl.NC=O. The molecule has 0 radical (unpaired) electrons. The van der Waals surface area contributed by atoms with E-state index >= 15 is 0 Å². The number of rotatable bonds is 3. The number of carbonyl (C=O) groups is 1. The van der Waals surface area contributed by atoms with E-state index in [0.29, 0.717) is 5.41 Å². The van der Waals surface area contributed by atoms with Gasteiger partial charge in [-0.25, -0.2) is 0 Å². The third-order valence-corrected chi connectivity index (χ3v) is 3.47. The highest BCUT2D eigenvalue weighted by Crippen LogP contribution is 2.40. The molecule has 1 aliphatic carbocycles. The van der Waals surface area contributed by atoms with Gasteiger partial charge in [0, 0.05) is 5.88 Å². The van der Waals surface area contributed by atoms with Crippen molar-refractivity contribution in [1.29, 1.82) is 0 Å². The quantitative estimate of drug-likeness (QED) is 0.618. The second-order valence-corrected chi connectivity index (χ2v) is 6.20. The van der Waals surface area contributed by atoms with Crippen molar-refractivity contribution in [1.82, 2.24) is 0 Å². The van der Waals surface area contributed by atoms with Crippen molar-refractivity contribution in [2.75, 3.05) is 5.88 Å². The molecule has 3 heteroatoms. The van der Waals surface area contributed by atoms with Gasteiger partial charge in [0.15, 0.2) is 0 Å². The summed E-state index contributed by atoms with van der Waals surface area (Å²) in [6.07, 6.45) is 7.44. The van der Waals surface area contributed by atoms with Crippen molar-refractivity contribution in [3.8, 4) is 0 Å². The molecule has 0 saturated carbocycles. The fraction of sp³-hybridized carbons (Fsp3) is 0.500. The van der Waals surface area contributed by atoms with Gasteiger partial charge in [-0.05, 0) is 35.8 Å². The Morgan fingerprint density at radius 3 is 2.19 bits per heavy atom. The number of allylic oxidation sites excluding steroid dienone is 2. The van der Waals surface area contributed by atoms with Gasteiger partial charge in [-0.3, -0.25) is 4.79 Å². The summed E-state index contributed by atoms with van der Waals surface area (Å²) in [6.45, 7) is 6.79. The number of amides is 1. The first kappa shape index (κ1) is 19.7. The van der Waals surface area contributed by atoms with Crippen molar-refractivity contribution < 1.29 is 4.79 Å². The zero-order valence-electron chi connectivity index (χ0n) is 13.4. The second-order valence-electron chi connectivity index (χ2n) is 5.82. The molecule has 0 heterocycles. The summed E-state index contributed by atoms with van der Waals surface area (Å²) in [5.41, 5.74) is 7.56. The fourth-order valence-corrected chi connectivity index (χ4v) is 2.33. The van der Waals surface area contributed by atoms with Crippen LogP contribution in [0.5, 0.6) is 0 Å². The van der Waals surface area contributed by atoms with Gasteiger partial charge < -0.3 is 5.73 Å². The van der Waals surface area contributed by atoms with Crippen LogP contribution in [0.25, 0.3) is 5.57 Å². The number of halogens is 1. The summed E-state index contributed by atoms with van der Waals surface area (Å²) in [7, 11) is 0. The lowest BCUT2D eigenvalue weighted by atomic mass is 9.88. The lowest BCUT2D eigenvalue weighted by Crippen LogP contribution is -2.04. The Balaban J connectivity index is 0.000000422. The Morgan fingerprint density at radius 1 is 1.29 bits per heavy atom. The molecule has 0 aliphatic heterocycles. The minimum Gasteiger partial charge on any atom is -0.372 e. The molecule has 2 N–H and O–H groups in total. The summed E-state index contributed by atoms with van der Waals surface area (Å²) in [5, 5.41) is 0. The fourth-order valence-electron chi connectivity index (χ4n) is 2.07. The van der Waals surface area contributed by atoms with Gasteiger partial charge in [0.25, 0.3) is 0 Å². The molecule has 1 aromatic rings. The lowest BCUT2D eigenvalue weighted by molar-refractivity contribution is -0.106. The van der Waals surface area contributed by atoms with Crippen LogP contribution in [0, 0.1) is 5.41 Å². The highest BCUT2D eigenvalue weighted by molar-refractivity contribution is 6.17. The second kappa shape index (κ2) is 11.4. The molecule has 1 aliphatic rings. The number of hydrogen-bond donors (Lipinski definition) is 1. The lowest BCUT2D eigenvalue weighted by Gasteiger charge is -2.16. The van der Waals surface area contributed by atoms with Crippen molar-refractivity contribution in [3.63, 3.8) is 0 Å². The number of primary amides is 1. The summed E-state index contributed by atoms with van der Waals surface area (Å²) in [4.78, 5) is 8.58. The van der Waals surface area contributed by atoms with Crippen LogP contribution in [0.1, 0.15) is 52.0 Å². The van der Waals surface area contributed by atoms with E-state index in [0.717, 1.165) is 12.3 Å². The molecule has 0 saturated heterocycles. The van der Waals surface area contributed by atoms with Gasteiger partial charge in [0.1, 0.15) is 0 Å². The average Bonchev–Trinajstić information content (AvgIpc) is 2.83. The number of alkyl halides is 1. The molecule has 0 unspecified atom stereocenters. The molecule has 0 aromatic heterocycles. The van der Waals surface area contributed by atoms with Crippen LogP contribution in [-0.4, -0.2) is 12.3 Å². The van der Waals surface area contributed by atoms with Crippen LogP contribution in [0.3, 0.4) is 0 Å². The predicted molar refractivity (Wildman–Crippen MR) is 93.3 cm³/mol. The first-order valence-corrected chi connectivity index (χ1v) is 8.00. The van der Waals surface area contributed by atoms with Crippen molar-refractivity contribution in [3.05, 3.63) is 42.0 Å². The smallest absolute Gasteiger partial charge is 0.204 e. The summed E-state index contributed by atoms with van der Waals surface area (Å²) < 4.78 is 0. The van der Waals surface area contributed by atoms with E-state index in [1.807, 2.05) is 0 Å². The molecule has 21 heavy (non-hydrogen) atoms. The zero-order chi connectivity index (χ0) is 16.1. The van der Waals surface area contributed by atoms with Crippen molar-refractivity contribution in [2.45, 2.75) is 46.5 Å².